The molecule has 27 heavy (non-hydrogen) atoms. The van der Waals surface area contributed by atoms with Crippen LogP contribution in [0.1, 0.15) is 6.92 Å². The number of hydrogen-bond acceptors (Lipinski definition) is 6. The molecule has 0 aliphatic heterocycles. The summed E-state index contributed by atoms with van der Waals surface area (Å²) in [6.07, 6.45) is 1.49. The molecule has 0 aliphatic carbocycles. The van der Waals surface area contributed by atoms with Gasteiger partial charge in [-0.1, -0.05) is 0 Å². The summed E-state index contributed by atoms with van der Waals surface area (Å²) in [7, 11) is -5.75. The van der Waals surface area contributed by atoms with Gasteiger partial charge in [-0.2, -0.15) is 26.7 Å². The molecule has 7 nitrogen and oxygen atoms in total. The minimum Gasteiger partial charge on any atom is -0.427 e. The van der Waals surface area contributed by atoms with Crippen molar-refractivity contribution in [1.82, 2.24) is 9.78 Å². The fourth-order valence-electron chi connectivity index (χ4n) is 2.19. The molecule has 0 bridgehead atoms. The predicted octanol–water partition coefficient (Wildman–Crippen LogP) is 3.18. The van der Waals surface area contributed by atoms with Gasteiger partial charge < -0.3 is 8.92 Å². The number of rotatable bonds is 4. The lowest BCUT2D eigenvalue weighted by atomic mass is 10.2. The Morgan fingerprint density at radius 1 is 1.07 bits per heavy atom. The second-order valence-electron chi connectivity index (χ2n) is 5.37. The number of nitrogens with zero attached hydrogens (tertiary/aromatic N) is 2. The van der Waals surface area contributed by atoms with Gasteiger partial charge in [-0.05, 0) is 42.5 Å². The highest BCUT2D eigenvalue weighted by Crippen LogP contribution is 2.29. The number of esters is 1. The van der Waals surface area contributed by atoms with E-state index in [2.05, 4.69) is 9.28 Å². The summed E-state index contributed by atoms with van der Waals surface area (Å²) in [5.74, 6) is -0.602. The smallest absolute Gasteiger partial charge is 0.427 e. The molecule has 0 saturated heterocycles. The summed E-state index contributed by atoms with van der Waals surface area (Å²) in [4.78, 5) is 10.9. The third-order valence-corrected chi connectivity index (χ3v) is 4.31. The summed E-state index contributed by atoms with van der Waals surface area (Å²) in [6, 6.07) is 9.88. The van der Waals surface area contributed by atoms with Crippen LogP contribution >= 0.6 is 0 Å². The van der Waals surface area contributed by atoms with Crippen LogP contribution in [-0.4, -0.2) is 29.7 Å². The number of ether oxygens (including phenoxy) is 1. The Labute approximate surface area is 151 Å². The number of hydrogen-bond donors (Lipinski definition) is 0. The predicted molar refractivity (Wildman–Crippen MR) is 88.0 cm³/mol. The Balaban J connectivity index is 1.89. The van der Waals surface area contributed by atoms with Crippen molar-refractivity contribution in [2.45, 2.75) is 12.4 Å². The molecule has 0 N–H and O–H groups in total. The van der Waals surface area contributed by atoms with Gasteiger partial charge in [0.2, 0.25) is 0 Å². The van der Waals surface area contributed by atoms with E-state index in [4.69, 9.17) is 4.74 Å². The zero-order valence-electron chi connectivity index (χ0n) is 13.6. The van der Waals surface area contributed by atoms with Crippen molar-refractivity contribution in [2.75, 3.05) is 0 Å². The number of carbonyl (C=O) groups is 1. The molecular weight excluding hydrogens is 389 g/mol. The molecule has 0 fully saturated rings. The molecular formula is C16H11F3N2O5S. The molecule has 0 spiro atoms. The summed E-state index contributed by atoms with van der Waals surface area (Å²) >= 11 is 0. The molecule has 0 radical (unpaired) electrons. The monoisotopic (exact) mass is 400 g/mol. The Hall–Kier alpha value is -3.08. The van der Waals surface area contributed by atoms with Gasteiger partial charge in [-0.15, -0.1) is 0 Å². The van der Waals surface area contributed by atoms with Crippen LogP contribution in [0.5, 0.6) is 11.5 Å². The first-order valence-corrected chi connectivity index (χ1v) is 8.75. The van der Waals surface area contributed by atoms with Gasteiger partial charge >= 0.3 is 21.6 Å². The average Bonchev–Trinajstić information content (AvgIpc) is 2.96. The molecule has 3 aromatic rings. The molecule has 2 aromatic carbocycles. The molecule has 1 aromatic heterocycles. The Morgan fingerprint density at radius 2 is 1.70 bits per heavy atom. The molecule has 142 valence electrons. The van der Waals surface area contributed by atoms with E-state index >= 15 is 0 Å². The normalized spacial score (nSPS) is 12.1. The maximum atomic E-state index is 12.4. The van der Waals surface area contributed by atoms with E-state index in [0.717, 1.165) is 12.1 Å². The number of halogens is 3. The van der Waals surface area contributed by atoms with Crippen molar-refractivity contribution in [3.63, 3.8) is 0 Å². The maximum absolute atomic E-state index is 12.4. The lowest BCUT2D eigenvalue weighted by Gasteiger charge is -2.08. The van der Waals surface area contributed by atoms with Crippen molar-refractivity contribution in [1.29, 1.82) is 0 Å². The second-order valence-corrected chi connectivity index (χ2v) is 6.90. The largest absolute Gasteiger partial charge is 0.534 e. The van der Waals surface area contributed by atoms with Gasteiger partial charge in [0.1, 0.15) is 11.5 Å². The third-order valence-electron chi connectivity index (χ3n) is 3.33. The zero-order valence-corrected chi connectivity index (χ0v) is 14.4. The third kappa shape index (κ3) is 4.03. The van der Waals surface area contributed by atoms with E-state index in [-0.39, 0.29) is 0 Å². The number of fused-ring (bicyclic) bond motifs is 1. The van der Waals surface area contributed by atoms with Crippen LogP contribution in [0.4, 0.5) is 13.2 Å². The Kier molecular flexibility index (Phi) is 4.56. The number of benzene rings is 2. The second kappa shape index (κ2) is 6.58. The topological polar surface area (TPSA) is 87.5 Å². The van der Waals surface area contributed by atoms with Crippen LogP contribution in [0.25, 0.3) is 16.6 Å². The van der Waals surface area contributed by atoms with Crippen LogP contribution in [0.15, 0.2) is 48.7 Å². The van der Waals surface area contributed by atoms with Crippen molar-refractivity contribution in [3.05, 3.63) is 48.7 Å². The molecule has 0 saturated carbocycles. The average molecular weight is 400 g/mol. The Morgan fingerprint density at radius 3 is 2.30 bits per heavy atom. The fourth-order valence-corrected chi connectivity index (χ4v) is 2.65. The fraction of sp³-hybridized carbons (Fsp3) is 0.125. The summed E-state index contributed by atoms with van der Waals surface area (Å²) in [5.41, 5.74) is -4.51. The highest BCUT2D eigenvalue weighted by Gasteiger charge is 2.48. The lowest BCUT2D eigenvalue weighted by Crippen LogP contribution is -2.28. The standard InChI is InChI=1S/C16H11F3N2O5S/c1-10(22)25-13-4-2-12(3-5-13)21-9-11-8-14(6-7-15(11)20-21)26-27(23,24)16(17,18)19/h2-9H,1H3. The number of carbonyl (C=O) groups excluding carboxylic acids is 1. The van der Waals surface area contributed by atoms with E-state index in [1.807, 2.05) is 0 Å². The van der Waals surface area contributed by atoms with Gasteiger partial charge in [0, 0.05) is 18.5 Å². The van der Waals surface area contributed by atoms with E-state index in [0.29, 0.717) is 22.3 Å². The molecule has 1 heterocycles. The van der Waals surface area contributed by atoms with E-state index in [9.17, 15) is 26.4 Å². The van der Waals surface area contributed by atoms with Crippen LogP contribution in [0.2, 0.25) is 0 Å². The number of aromatic nitrogens is 2. The van der Waals surface area contributed by atoms with Crippen LogP contribution in [0.3, 0.4) is 0 Å². The summed E-state index contributed by atoms with van der Waals surface area (Å²) < 4.78 is 69.9. The van der Waals surface area contributed by atoms with Crippen LogP contribution in [-0.2, 0) is 14.9 Å². The minimum atomic E-state index is -5.75. The number of alkyl halides is 3. The first-order valence-electron chi connectivity index (χ1n) is 7.34. The van der Waals surface area contributed by atoms with E-state index < -0.39 is 27.3 Å². The van der Waals surface area contributed by atoms with E-state index in [1.54, 1.807) is 24.3 Å². The quantitative estimate of drug-likeness (QED) is 0.289. The van der Waals surface area contributed by atoms with Gasteiger partial charge in [0.15, 0.2) is 0 Å². The lowest BCUT2D eigenvalue weighted by molar-refractivity contribution is -0.131. The van der Waals surface area contributed by atoms with Crippen LogP contribution < -0.4 is 8.92 Å². The maximum Gasteiger partial charge on any atom is 0.534 e. The van der Waals surface area contributed by atoms with Crippen molar-refractivity contribution in [3.8, 4) is 17.2 Å². The SMILES string of the molecule is CC(=O)Oc1ccc(-n2cc3cc(OS(=O)(=O)C(F)(F)F)ccc3n2)cc1. The van der Waals surface area contributed by atoms with Gasteiger partial charge in [0.05, 0.1) is 11.2 Å². The van der Waals surface area contributed by atoms with Crippen molar-refractivity contribution in [2.24, 2.45) is 0 Å². The van der Waals surface area contributed by atoms with E-state index in [1.165, 1.54) is 23.9 Å². The van der Waals surface area contributed by atoms with Crippen molar-refractivity contribution < 1.29 is 35.3 Å². The van der Waals surface area contributed by atoms with Crippen molar-refractivity contribution >= 4 is 27.0 Å². The highest BCUT2D eigenvalue weighted by molar-refractivity contribution is 7.88. The summed E-state index contributed by atoms with van der Waals surface area (Å²) in [5, 5.41) is 4.61. The summed E-state index contributed by atoms with van der Waals surface area (Å²) in [6.45, 7) is 1.27. The first-order chi connectivity index (χ1) is 12.5. The molecule has 3 rings (SSSR count). The first kappa shape index (κ1) is 18.7. The van der Waals surface area contributed by atoms with Crippen LogP contribution in [0, 0.1) is 0 Å². The molecule has 0 atom stereocenters. The molecule has 11 heteroatoms. The van der Waals surface area contributed by atoms with Gasteiger partial charge in [0.25, 0.3) is 0 Å². The van der Waals surface area contributed by atoms with Gasteiger partial charge in [-0.25, -0.2) is 4.68 Å². The molecule has 0 unspecified atom stereocenters. The van der Waals surface area contributed by atoms with Gasteiger partial charge in [-0.3, -0.25) is 4.79 Å². The molecule has 0 amide bonds. The Bertz CT molecular complexity index is 1110. The molecule has 0 aliphatic rings. The zero-order chi connectivity index (χ0) is 19.8. The highest BCUT2D eigenvalue weighted by atomic mass is 32.2. The minimum absolute atomic E-state index is 0.344.